The van der Waals surface area contributed by atoms with E-state index in [0.29, 0.717) is 6.54 Å². The Morgan fingerprint density at radius 2 is 1.93 bits per heavy atom. The summed E-state index contributed by atoms with van der Waals surface area (Å²) < 4.78 is 0. The van der Waals surface area contributed by atoms with Gasteiger partial charge in [-0.2, -0.15) is 0 Å². The van der Waals surface area contributed by atoms with Crippen LogP contribution in [0.25, 0.3) is 10.9 Å². The standard InChI is InChI=1S/C22H35N5O.HI/c1-7-16-10-9-11-18-17(14-25-20(16)18)12-13-24-21(23-8-2)27(6)15-19(28)26-22(3,4)5;/h9-11,14,25H,7-8,12-13,15H2,1-6H3,(H,23,24)(H,26,28);1H. The molecule has 1 aromatic heterocycles. The molecule has 0 bridgehead atoms. The van der Waals surface area contributed by atoms with Gasteiger partial charge in [0.15, 0.2) is 5.96 Å². The Morgan fingerprint density at radius 1 is 1.21 bits per heavy atom. The number of aromatic amines is 1. The largest absolute Gasteiger partial charge is 0.361 e. The second kappa shape index (κ2) is 11.4. The number of hydrogen-bond donors (Lipinski definition) is 3. The van der Waals surface area contributed by atoms with Gasteiger partial charge in [-0.15, -0.1) is 24.0 Å². The number of nitrogens with zero attached hydrogens (tertiary/aromatic N) is 2. The maximum absolute atomic E-state index is 12.2. The number of amides is 1. The summed E-state index contributed by atoms with van der Waals surface area (Å²) in [5, 5.41) is 7.54. The average Bonchev–Trinajstić information content (AvgIpc) is 3.02. The van der Waals surface area contributed by atoms with Crippen molar-refractivity contribution in [3.63, 3.8) is 0 Å². The maximum Gasteiger partial charge on any atom is 0.240 e. The van der Waals surface area contributed by atoms with Crippen LogP contribution in [0, 0.1) is 0 Å². The van der Waals surface area contributed by atoms with Gasteiger partial charge in [0.05, 0.1) is 6.54 Å². The van der Waals surface area contributed by atoms with Gasteiger partial charge in [-0.3, -0.25) is 9.79 Å². The van der Waals surface area contributed by atoms with E-state index in [-0.39, 0.29) is 42.0 Å². The van der Waals surface area contributed by atoms with Gasteiger partial charge in [-0.05, 0) is 51.7 Å². The number of nitrogens with one attached hydrogen (secondary N) is 3. The summed E-state index contributed by atoms with van der Waals surface area (Å²) >= 11 is 0. The van der Waals surface area contributed by atoms with Crippen molar-refractivity contribution >= 4 is 46.7 Å². The molecule has 0 fully saturated rings. The fraction of sp³-hybridized carbons (Fsp3) is 0.545. The molecular formula is C22H36IN5O. The van der Waals surface area contributed by atoms with Gasteiger partial charge in [0.1, 0.15) is 0 Å². The van der Waals surface area contributed by atoms with Crippen molar-refractivity contribution in [1.29, 1.82) is 0 Å². The normalized spacial score (nSPS) is 11.9. The molecule has 1 heterocycles. The molecule has 1 aromatic carbocycles. The van der Waals surface area contributed by atoms with E-state index in [1.807, 2.05) is 39.6 Å². The van der Waals surface area contributed by atoms with E-state index in [1.165, 1.54) is 22.0 Å². The molecule has 0 unspecified atom stereocenters. The lowest BCUT2D eigenvalue weighted by Crippen LogP contribution is -2.48. The van der Waals surface area contributed by atoms with Crippen molar-refractivity contribution in [1.82, 2.24) is 20.5 Å². The van der Waals surface area contributed by atoms with Crippen molar-refractivity contribution < 1.29 is 4.79 Å². The first kappa shape index (κ1) is 25.3. The lowest BCUT2D eigenvalue weighted by atomic mass is 10.1. The number of fused-ring (bicyclic) bond motifs is 1. The Hall–Kier alpha value is -1.77. The van der Waals surface area contributed by atoms with Gasteiger partial charge in [0, 0.05) is 42.8 Å². The number of aromatic nitrogens is 1. The number of guanidine groups is 1. The van der Waals surface area contributed by atoms with Gasteiger partial charge in [-0.1, -0.05) is 25.1 Å². The second-order valence-corrected chi connectivity index (χ2v) is 8.15. The number of benzene rings is 1. The summed E-state index contributed by atoms with van der Waals surface area (Å²) in [6.07, 6.45) is 3.96. The minimum atomic E-state index is -0.236. The van der Waals surface area contributed by atoms with E-state index < -0.39 is 0 Å². The predicted molar refractivity (Wildman–Crippen MR) is 133 cm³/mol. The number of aliphatic imine (C=N–C) groups is 1. The Bertz CT molecular complexity index is 822. The molecule has 2 rings (SSSR count). The van der Waals surface area contributed by atoms with Crippen molar-refractivity contribution in [2.24, 2.45) is 4.99 Å². The summed E-state index contributed by atoms with van der Waals surface area (Å²) in [5.41, 5.74) is 3.61. The fourth-order valence-corrected chi connectivity index (χ4v) is 3.28. The average molecular weight is 513 g/mol. The van der Waals surface area contributed by atoms with Gasteiger partial charge < -0.3 is 20.5 Å². The van der Waals surface area contributed by atoms with E-state index in [2.05, 4.69) is 46.9 Å². The van der Waals surface area contributed by atoms with Crippen LogP contribution in [0.3, 0.4) is 0 Å². The lowest BCUT2D eigenvalue weighted by Gasteiger charge is -2.25. The van der Waals surface area contributed by atoms with E-state index in [9.17, 15) is 4.79 Å². The van der Waals surface area contributed by atoms with Crippen molar-refractivity contribution in [2.75, 3.05) is 26.7 Å². The van der Waals surface area contributed by atoms with Crippen LogP contribution in [0.2, 0.25) is 0 Å². The quantitative estimate of drug-likeness (QED) is 0.301. The van der Waals surface area contributed by atoms with Crippen molar-refractivity contribution in [3.8, 4) is 0 Å². The number of rotatable bonds is 7. The van der Waals surface area contributed by atoms with Gasteiger partial charge in [-0.25, -0.2) is 0 Å². The molecule has 3 N–H and O–H groups in total. The molecule has 0 atom stereocenters. The molecule has 162 valence electrons. The van der Waals surface area contributed by atoms with Crippen LogP contribution in [-0.2, 0) is 17.6 Å². The van der Waals surface area contributed by atoms with E-state index in [1.54, 1.807) is 0 Å². The highest BCUT2D eigenvalue weighted by Crippen LogP contribution is 2.22. The molecule has 6 nitrogen and oxygen atoms in total. The number of halogens is 1. The molecular weight excluding hydrogens is 477 g/mol. The summed E-state index contributed by atoms with van der Waals surface area (Å²) in [7, 11) is 1.89. The molecule has 0 radical (unpaired) electrons. The molecule has 0 saturated heterocycles. The van der Waals surface area contributed by atoms with Gasteiger partial charge >= 0.3 is 0 Å². The van der Waals surface area contributed by atoms with Crippen molar-refractivity contribution in [2.45, 2.75) is 53.0 Å². The summed E-state index contributed by atoms with van der Waals surface area (Å²) in [5.74, 6) is 0.741. The van der Waals surface area contributed by atoms with E-state index in [0.717, 1.165) is 25.3 Å². The zero-order chi connectivity index (χ0) is 20.7. The highest BCUT2D eigenvalue weighted by atomic mass is 127. The monoisotopic (exact) mass is 513 g/mol. The molecule has 0 saturated carbocycles. The highest BCUT2D eigenvalue weighted by Gasteiger charge is 2.16. The molecule has 0 aliphatic heterocycles. The summed E-state index contributed by atoms with van der Waals surface area (Å²) in [4.78, 5) is 22.2. The highest BCUT2D eigenvalue weighted by molar-refractivity contribution is 14.0. The molecule has 7 heteroatoms. The SMILES string of the molecule is CCNC(=NCCc1c[nH]c2c(CC)cccc12)N(C)CC(=O)NC(C)(C)C.I. The van der Waals surface area contributed by atoms with Crippen molar-refractivity contribution in [3.05, 3.63) is 35.5 Å². The molecule has 1 amide bonds. The molecule has 0 spiro atoms. The Kier molecular flexibility index (Phi) is 9.95. The summed E-state index contributed by atoms with van der Waals surface area (Å²) in [6.45, 7) is 11.8. The first-order valence-electron chi connectivity index (χ1n) is 10.1. The fourth-order valence-electron chi connectivity index (χ4n) is 3.28. The number of H-pyrrole nitrogens is 1. The van der Waals surface area contributed by atoms with Crippen LogP contribution >= 0.6 is 24.0 Å². The Labute approximate surface area is 191 Å². The number of hydrogen-bond acceptors (Lipinski definition) is 2. The molecule has 0 aliphatic carbocycles. The third-order valence-corrected chi connectivity index (χ3v) is 4.50. The number of aryl methyl sites for hydroxylation is 1. The van der Waals surface area contributed by atoms with Crippen LogP contribution in [0.5, 0.6) is 0 Å². The zero-order valence-corrected chi connectivity index (χ0v) is 20.9. The summed E-state index contributed by atoms with van der Waals surface area (Å²) in [6, 6.07) is 6.45. The van der Waals surface area contributed by atoms with E-state index >= 15 is 0 Å². The number of likely N-dealkylation sites (N-methyl/N-ethyl adjacent to an activating group) is 1. The predicted octanol–water partition coefficient (Wildman–Crippen LogP) is 3.70. The smallest absolute Gasteiger partial charge is 0.240 e. The maximum atomic E-state index is 12.2. The first-order chi connectivity index (χ1) is 13.2. The second-order valence-electron chi connectivity index (χ2n) is 8.15. The number of para-hydroxylation sites is 1. The van der Waals surface area contributed by atoms with Gasteiger partial charge in [0.25, 0.3) is 0 Å². The van der Waals surface area contributed by atoms with Crippen LogP contribution < -0.4 is 10.6 Å². The topological polar surface area (TPSA) is 72.5 Å². The minimum Gasteiger partial charge on any atom is -0.361 e. The minimum absolute atomic E-state index is 0. The van der Waals surface area contributed by atoms with Crippen LogP contribution in [0.15, 0.2) is 29.4 Å². The van der Waals surface area contributed by atoms with E-state index in [4.69, 9.17) is 4.99 Å². The number of carbonyl (C=O) groups is 1. The molecule has 2 aromatic rings. The van der Waals surface area contributed by atoms with Crippen LogP contribution in [0.1, 0.15) is 45.7 Å². The lowest BCUT2D eigenvalue weighted by molar-refractivity contribution is -0.122. The van der Waals surface area contributed by atoms with Gasteiger partial charge in [0.2, 0.25) is 5.91 Å². The third-order valence-electron chi connectivity index (χ3n) is 4.50. The third kappa shape index (κ3) is 7.53. The molecule has 0 aliphatic rings. The Morgan fingerprint density at radius 3 is 2.55 bits per heavy atom. The van der Waals surface area contributed by atoms with Crippen LogP contribution in [-0.4, -0.2) is 54.0 Å². The number of carbonyl (C=O) groups excluding carboxylic acids is 1. The van der Waals surface area contributed by atoms with Crippen LogP contribution in [0.4, 0.5) is 0 Å². The zero-order valence-electron chi connectivity index (χ0n) is 18.6. The Balaban J connectivity index is 0.00000420. The first-order valence-corrected chi connectivity index (χ1v) is 10.1. The molecule has 29 heavy (non-hydrogen) atoms.